The summed E-state index contributed by atoms with van der Waals surface area (Å²) in [6.45, 7) is 5.08. The Morgan fingerprint density at radius 3 is 2.77 bits per heavy atom. The Kier molecular flexibility index (Phi) is 6.97. The Morgan fingerprint density at radius 2 is 2.08 bits per heavy atom. The van der Waals surface area contributed by atoms with E-state index in [4.69, 9.17) is 5.26 Å². The molecule has 26 heavy (non-hydrogen) atoms. The van der Waals surface area contributed by atoms with Gasteiger partial charge in [0.05, 0.1) is 21.7 Å². The molecule has 5 nitrogen and oxygen atoms in total. The minimum Gasteiger partial charge on any atom is -0.298 e. The molecule has 1 aromatic carbocycles. The third kappa shape index (κ3) is 5.24. The fourth-order valence-corrected chi connectivity index (χ4v) is 5.39. The van der Waals surface area contributed by atoms with Gasteiger partial charge in [-0.25, -0.2) is 4.98 Å². The molecule has 1 fully saturated rings. The number of carbonyl (C=O) groups is 1. The van der Waals surface area contributed by atoms with Crippen molar-refractivity contribution in [3.8, 4) is 6.07 Å². The Hall–Kier alpha value is -1.53. The smallest absolute Gasteiger partial charge is 0.257 e. The normalized spacial score (nSPS) is 14.8. The number of aryl methyl sites for hydroxylation is 1. The molecule has 3 rings (SSSR count). The van der Waals surface area contributed by atoms with Crippen molar-refractivity contribution in [2.24, 2.45) is 0 Å². The lowest BCUT2D eigenvalue weighted by Gasteiger charge is -2.26. The van der Waals surface area contributed by atoms with Gasteiger partial charge in [-0.15, -0.1) is 0 Å². The fourth-order valence-electron chi connectivity index (χ4n) is 2.62. The number of nitrogens with zero attached hydrogens (tertiary/aromatic N) is 3. The number of thiazole rings is 1. The van der Waals surface area contributed by atoms with Crippen LogP contribution in [0.5, 0.6) is 0 Å². The van der Waals surface area contributed by atoms with Gasteiger partial charge in [-0.3, -0.25) is 15.0 Å². The first-order valence-corrected chi connectivity index (χ1v) is 11.3. The molecule has 0 aliphatic carbocycles. The Labute approximate surface area is 166 Å². The lowest BCUT2D eigenvalue weighted by Crippen LogP contribution is -2.31. The summed E-state index contributed by atoms with van der Waals surface area (Å²) in [5.41, 5.74) is 2.70. The quantitative estimate of drug-likeness (QED) is 0.737. The Bertz CT molecular complexity index is 792. The maximum atomic E-state index is 12.4. The van der Waals surface area contributed by atoms with Crippen LogP contribution < -0.4 is 5.32 Å². The summed E-state index contributed by atoms with van der Waals surface area (Å²) < 4.78 is 0.969. The number of benzene rings is 1. The minimum absolute atomic E-state index is 0.156. The summed E-state index contributed by atoms with van der Waals surface area (Å²) in [7, 11) is 0. The van der Waals surface area contributed by atoms with E-state index < -0.39 is 0 Å². The first-order valence-electron chi connectivity index (χ1n) is 8.33. The molecule has 2 heterocycles. The van der Waals surface area contributed by atoms with E-state index in [1.165, 1.54) is 40.2 Å². The molecule has 1 aliphatic heterocycles. The van der Waals surface area contributed by atoms with Gasteiger partial charge in [-0.2, -0.15) is 17.0 Å². The highest BCUT2D eigenvalue weighted by molar-refractivity contribution is 8.01. The van der Waals surface area contributed by atoms with Gasteiger partial charge in [-0.1, -0.05) is 35.2 Å². The zero-order valence-corrected chi connectivity index (χ0v) is 17.0. The lowest BCUT2D eigenvalue weighted by molar-refractivity contribution is 0.102. The first kappa shape index (κ1) is 19.2. The summed E-state index contributed by atoms with van der Waals surface area (Å²) in [6.07, 6.45) is 0. The number of anilines is 1. The van der Waals surface area contributed by atoms with Crippen LogP contribution in [0.25, 0.3) is 0 Å². The molecular weight excluding hydrogens is 384 g/mol. The van der Waals surface area contributed by atoms with Crippen LogP contribution in [0, 0.1) is 18.3 Å². The van der Waals surface area contributed by atoms with Crippen molar-refractivity contribution in [3.05, 3.63) is 41.1 Å². The van der Waals surface area contributed by atoms with E-state index in [0.717, 1.165) is 29.5 Å². The largest absolute Gasteiger partial charge is 0.298 e. The van der Waals surface area contributed by atoms with Crippen molar-refractivity contribution >= 4 is 45.9 Å². The third-order valence-electron chi connectivity index (χ3n) is 3.97. The molecule has 1 aromatic heterocycles. The summed E-state index contributed by atoms with van der Waals surface area (Å²) in [5.74, 6) is 2.62. The number of carbonyl (C=O) groups excluding carboxylic acids is 1. The van der Waals surface area contributed by atoms with E-state index in [-0.39, 0.29) is 5.91 Å². The molecule has 0 atom stereocenters. The maximum absolute atomic E-state index is 12.4. The van der Waals surface area contributed by atoms with Crippen molar-refractivity contribution in [2.75, 3.05) is 35.7 Å². The summed E-state index contributed by atoms with van der Waals surface area (Å²) >= 11 is 4.86. The SMILES string of the molecule is Cc1nc(NC(=O)c2ccc(CN3CCSCC3)cc2)sc1SCC#N. The zero-order valence-electron chi connectivity index (χ0n) is 14.5. The predicted octanol–water partition coefficient (Wildman–Crippen LogP) is 3.87. The summed E-state index contributed by atoms with van der Waals surface area (Å²) in [5, 5.41) is 12.1. The molecule has 0 saturated carbocycles. The molecule has 1 N–H and O–H groups in total. The Balaban J connectivity index is 1.58. The van der Waals surface area contributed by atoms with Gasteiger partial charge in [0, 0.05) is 36.7 Å². The molecule has 2 aromatic rings. The number of hydrogen-bond donors (Lipinski definition) is 1. The second-order valence-electron chi connectivity index (χ2n) is 5.88. The highest BCUT2D eigenvalue weighted by atomic mass is 32.2. The molecule has 0 radical (unpaired) electrons. The van der Waals surface area contributed by atoms with Crippen LogP contribution in [0.3, 0.4) is 0 Å². The van der Waals surface area contributed by atoms with E-state index in [1.807, 2.05) is 43.0 Å². The van der Waals surface area contributed by atoms with Crippen molar-refractivity contribution in [1.29, 1.82) is 5.26 Å². The van der Waals surface area contributed by atoms with Gasteiger partial charge < -0.3 is 0 Å². The third-order valence-corrected chi connectivity index (χ3v) is 7.21. The van der Waals surface area contributed by atoms with E-state index in [0.29, 0.717) is 16.4 Å². The second kappa shape index (κ2) is 9.42. The van der Waals surface area contributed by atoms with E-state index in [2.05, 4.69) is 21.3 Å². The van der Waals surface area contributed by atoms with E-state index >= 15 is 0 Å². The van der Waals surface area contributed by atoms with Gasteiger partial charge in [0.1, 0.15) is 0 Å². The summed E-state index contributed by atoms with van der Waals surface area (Å²) in [6, 6.07) is 9.90. The molecule has 136 valence electrons. The van der Waals surface area contributed by atoms with Crippen LogP contribution in [0.15, 0.2) is 28.5 Å². The van der Waals surface area contributed by atoms with Gasteiger partial charge in [0.25, 0.3) is 5.91 Å². The monoisotopic (exact) mass is 404 g/mol. The average Bonchev–Trinajstić information content (AvgIpc) is 3.00. The number of nitriles is 1. The van der Waals surface area contributed by atoms with Gasteiger partial charge in [-0.05, 0) is 24.6 Å². The fraction of sp³-hybridized carbons (Fsp3) is 0.389. The van der Waals surface area contributed by atoms with Crippen molar-refractivity contribution in [3.63, 3.8) is 0 Å². The highest BCUT2D eigenvalue weighted by Crippen LogP contribution is 2.32. The molecule has 0 spiro atoms. The molecule has 0 unspecified atom stereocenters. The van der Waals surface area contributed by atoms with Crippen LogP contribution in [-0.4, -0.2) is 46.1 Å². The van der Waals surface area contributed by atoms with E-state index in [9.17, 15) is 4.79 Å². The molecule has 1 aliphatic rings. The zero-order chi connectivity index (χ0) is 18.4. The standard InChI is InChI=1S/C18H20N4OS3/c1-13-17(25-9-6-19)26-18(20-13)21-16(23)15-4-2-14(3-5-15)12-22-7-10-24-11-8-22/h2-5H,7-12H2,1H3,(H,20,21,23). The lowest BCUT2D eigenvalue weighted by atomic mass is 10.1. The van der Waals surface area contributed by atoms with Crippen LogP contribution in [-0.2, 0) is 6.54 Å². The van der Waals surface area contributed by atoms with Crippen molar-refractivity contribution < 1.29 is 4.79 Å². The first-order chi connectivity index (χ1) is 12.7. The summed E-state index contributed by atoms with van der Waals surface area (Å²) in [4.78, 5) is 19.3. The molecule has 8 heteroatoms. The second-order valence-corrected chi connectivity index (χ2v) is 9.35. The molecule has 0 bridgehead atoms. The topological polar surface area (TPSA) is 69.0 Å². The van der Waals surface area contributed by atoms with Gasteiger partial charge >= 0.3 is 0 Å². The predicted molar refractivity (Wildman–Crippen MR) is 110 cm³/mol. The molecule has 1 amide bonds. The van der Waals surface area contributed by atoms with Gasteiger partial charge in [0.15, 0.2) is 5.13 Å². The van der Waals surface area contributed by atoms with Crippen LogP contribution in [0.1, 0.15) is 21.6 Å². The van der Waals surface area contributed by atoms with Gasteiger partial charge in [0.2, 0.25) is 0 Å². The minimum atomic E-state index is -0.156. The van der Waals surface area contributed by atoms with Crippen molar-refractivity contribution in [1.82, 2.24) is 9.88 Å². The maximum Gasteiger partial charge on any atom is 0.257 e. The number of thioether (sulfide) groups is 2. The van der Waals surface area contributed by atoms with Crippen LogP contribution in [0.2, 0.25) is 0 Å². The number of rotatable bonds is 6. The number of hydrogen-bond acceptors (Lipinski definition) is 7. The Morgan fingerprint density at radius 1 is 1.35 bits per heavy atom. The van der Waals surface area contributed by atoms with E-state index in [1.54, 1.807) is 0 Å². The molecule has 1 saturated heterocycles. The van der Waals surface area contributed by atoms with Crippen molar-refractivity contribution in [2.45, 2.75) is 17.7 Å². The van der Waals surface area contributed by atoms with Crippen LogP contribution >= 0.6 is 34.9 Å². The van der Waals surface area contributed by atoms with Crippen LogP contribution in [0.4, 0.5) is 5.13 Å². The molecular formula is C18H20N4OS3. The number of amides is 1. The average molecular weight is 405 g/mol. The number of nitrogens with one attached hydrogen (secondary N) is 1. The highest BCUT2D eigenvalue weighted by Gasteiger charge is 2.14. The number of aromatic nitrogens is 1.